The third kappa shape index (κ3) is 2.18. The summed E-state index contributed by atoms with van der Waals surface area (Å²) in [5, 5.41) is 11.7. The average molecular weight is 279 g/mol. The van der Waals surface area contributed by atoms with Crippen LogP contribution in [0.25, 0.3) is 0 Å². The molecule has 1 heterocycles. The van der Waals surface area contributed by atoms with Gasteiger partial charge in [-0.05, 0) is 31.6 Å². The minimum Gasteiger partial charge on any atom is -0.468 e. The Hall–Kier alpha value is -1.28. The molecule has 0 saturated heterocycles. The summed E-state index contributed by atoms with van der Waals surface area (Å²) in [5.41, 5.74) is -0.645. The van der Waals surface area contributed by atoms with Gasteiger partial charge in [-0.3, -0.25) is 9.59 Å². The number of hydrogen-bond donors (Lipinski definition) is 0. The smallest absolute Gasteiger partial charge is 0.316 e. The number of nitrogens with zero attached hydrogens (tertiary/aromatic N) is 1. The van der Waals surface area contributed by atoms with E-state index in [2.05, 4.69) is 6.07 Å². The highest BCUT2D eigenvalue weighted by Crippen LogP contribution is 2.56. The van der Waals surface area contributed by atoms with Gasteiger partial charge in [0.1, 0.15) is 11.7 Å². The Morgan fingerprint density at radius 2 is 2.37 bits per heavy atom. The Labute approximate surface area is 117 Å². The Morgan fingerprint density at radius 1 is 1.63 bits per heavy atom. The molecule has 0 aromatic heterocycles. The van der Waals surface area contributed by atoms with E-state index in [0.29, 0.717) is 6.42 Å². The molecule has 0 aromatic rings. The molecule has 1 aliphatic carbocycles. The minimum absolute atomic E-state index is 0.0997. The molecule has 0 radical (unpaired) electrons. The fourth-order valence-corrected chi connectivity index (χ4v) is 4.10. The van der Waals surface area contributed by atoms with Gasteiger partial charge in [0, 0.05) is 11.2 Å². The lowest BCUT2D eigenvalue weighted by Gasteiger charge is -2.44. The zero-order valence-electron chi connectivity index (χ0n) is 11.1. The lowest BCUT2D eigenvalue weighted by Crippen LogP contribution is -2.48. The molecule has 0 spiro atoms. The zero-order chi connectivity index (χ0) is 14.1. The largest absolute Gasteiger partial charge is 0.468 e. The van der Waals surface area contributed by atoms with Crippen LogP contribution in [0.1, 0.15) is 32.6 Å². The van der Waals surface area contributed by atoms with E-state index in [1.165, 1.54) is 7.11 Å². The monoisotopic (exact) mass is 279 g/mol. The van der Waals surface area contributed by atoms with Crippen LogP contribution in [0.5, 0.6) is 0 Å². The maximum absolute atomic E-state index is 11.9. The standard InChI is InChI=1S/C14H17NO3S/c1-13(5-3-7-19-13)14(9-15)6-4-11(16)10(8-14)12(17)18-2/h3,7,10H,4-6,8H2,1-2H3. The molecule has 3 atom stereocenters. The molecular weight excluding hydrogens is 262 g/mol. The second-order valence-corrected chi connectivity index (χ2v) is 6.77. The first kappa shape index (κ1) is 14.1. The first-order valence-electron chi connectivity index (χ1n) is 6.33. The van der Waals surface area contributed by atoms with Crippen LogP contribution in [0, 0.1) is 22.7 Å². The second kappa shape index (κ2) is 5.01. The molecule has 5 heteroatoms. The topological polar surface area (TPSA) is 67.2 Å². The van der Waals surface area contributed by atoms with E-state index in [1.807, 2.05) is 18.4 Å². The van der Waals surface area contributed by atoms with Crippen molar-refractivity contribution in [3.8, 4) is 6.07 Å². The van der Waals surface area contributed by atoms with E-state index in [1.54, 1.807) is 11.8 Å². The van der Waals surface area contributed by atoms with Crippen molar-refractivity contribution in [3.05, 3.63) is 11.5 Å². The van der Waals surface area contributed by atoms with Crippen LogP contribution < -0.4 is 0 Å². The number of rotatable bonds is 2. The van der Waals surface area contributed by atoms with E-state index in [-0.39, 0.29) is 23.4 Å². The first-order valence-corrected chi connectivity index (χ1v) is 7.21. The summed E-state index contributed by atoms with van der Waals surface area (Å²) in [7, 11) is 1.28. The van der Waals surface area contributed by atoms with Crippen molar-refractivity contribution in [3.63, 3.8) is 0 Å². The normalized spacial score (nSPS) is 37.9. The molecule has 1 aliphatic heterocycles. The highest BCUT2D eigenvalue weighted by molar-refractivity contribution is 8.03. The zero-order valence-corrected chi connectivity index (χ0v) is 12.0. The molecule has 2 rings (SSSR count). The summed E-state index contributed by atoms with van der Waals surface area (Å²) in [6, 6.07) is 2.41. The Kier molecular flexibility index (Phi) is 3.73. The van der Waals surface area contributed by atoms with Crippen LogP contribution in [-0.2, 0) is 14.3 Å². The summed E-state index contributed by atoms with van der Waals surface area (Å²) < 4.78 is 4.45. The summed E-state index contributed by atoms with van der Waals surface area (Å²) in [6.45, 7) is 2.05. The number of methoxy groups -OCH3 is 1. The highest BCUT2D eigenvalue weighted by Gasteiger charge is 2.55. The fourth-order valence-electron chi connectivity index (χ4n) is 2.96. The fraction of sp³-hybridized carbons (Fsp3) is 0.643. The number of ether oxygens (including phenoxy) is 1. The van der Waals surface area contributed by atoms with Gasteiger partial charge in [0.2, 0.25) is 0 Å². The van der Waals surface area contributed by atoms with Crippen LogP contribution in [0.15, 0.2) is 11.5 Å². The molecule has 0 bridgehead atoms. The molecule has 0 N–H and O–H groups in total. The highest BCUT2D eigenvalue weighted by atomic mass is 32.2. The SMILES string of the molecule is COC(=O)C1CC(C#N)(C2(C)CC=CS2)CCC1=O. The maximum Gasteiger partial charge on any atom is 0.316 e. The van der Waals surface area contributed by atoms with Crippen molar-refractivity contribution in [2.45, 2.75) is 37.4 Å². The third-order valence-corrected chi connectivity index (χ3v) is 5.79. The van der Waals surface area contributed by atoms with E-state index >= 15 is 0 Å². The molecule has 4 nitrogen and oxygen atoms in total. The minimum atomic E-state index is -0.781. The number of carbonyl (C=O) groups excluding carboxylic acids is 2. The number of nitriles is 1. The van der Waals surface area contributed by atoms with Gasteiger partial charge in [-0.1, -0.05) is 6.08 Å². The van der Waals surface area contributed by atoms with Gasteiger partial charge in [-0.15, -0.1) is 11.8 Å². The third-order valence-electron chi connectivity index (χ3n) is 4.38. The number of ketones is 1. The first-order chi connectivity index (χ1) is 8.98. The number of Topliss-reactive ketones (excluding diaryl/α,β-unsaturated/α-hetero) is 1. The Bertz CT molecular complexity index is 464. The van der Waals surface area contributed by atoms with Gasteiger partial charge in [0.05, 0.1) is 18.6 Å². The molecule has 3 unspecified atom stereocenters. The van der Waals surface area contributed by atoms with Crippen LogP contribution >= 0.6 is 11.8 Å². The van der Waals surface area contributed by atoms with Crippen molar-refractivity contribution in [2.75, 3.05) is 7.11 Å². The molecule has 0 amide bonds. The lowest BCUT2D eigenvalue weighted by atomic mass is 9.62. The molecule has 1 saturated carbocycles. The summed E-state index contributed by atoms with van der Waals surface area (Å²) in [5.74, 6) is -1.39. The van der Waals surface area contributed by atoms with Crippen molar-refractivity contribution in [1.29, 1.82) is 5.26 Å². The van der Waals surface area contributed by atoms with Crippen LogP contribution in [0.4, 0.5) is 0 Å². The van der Waals surface area contributed by atoms with Gasteiger partial charge in [-0.2, -0.15) is 5.26 Å². The van der Waals surface area contributed by atoms with E-state index in [4.69, 9.17) is 4.74 Å². The van der Waals surface area contributed by atoms with Gasteiger partial charge in [-0.25, -0.2) is 0 Å². The molecular formula is C14H17NO3S. The average Bonchev–Trinajstić information content (AvgIpc) is 2.87. The van der Waals surface area contributed by atoms with Gasteiger partial charge >= 0.3 is 5.97 Å². The maximum atomic E-state index is 11.9. The molecule has 102 valence electrons. The van der Waals surface area contributed by atoms with Crippen molar-refractivity contribution in [2.24, 2.45) is 11.3 Å². The second-order valence-electron chi connectivity index (χ2n) is 5.36. The van der Waals surface area contributed by atoms with Crippen LogP contribution in [0.2, 0.25) is 0 Å². The Balaban J connectivity index is 2.30. The van der Waals surface area contributed by atoms with Gasteiger partial charge < -0.3 is 4.74 Å². The van der Waals surface area contributed by atoms with Crippen molar-refractivity contribution in [1.82, 2.24) is 0 Å². The van der Waals surface area contributed by atoms with E-state index < -0.39 is 17.3 Å². The molecule has 19 heavy (non-hydrogen) atoms. The summed E-state index contributed by atoms with van der Waals surface area (Å²) >= 11 is 1.63. The molecule has 1 fully saturated rings. The lowest BCUT2D eigenvalue weighted by molar-refractivity contribution is -0.152. The molecule has 0 aromatic carbocycles. The quantitative estimate of drug-likeness (QED) is 0.573. The summed E-state index contributed by atoms with van der Waals surface area (Å²) in [4.78, 5) is 23.6. The number of carbonyl (C=O) groups is 2. The predicted molar refractivity (Wildman–Crippen MR) is 72.2 cm³/mol. The summed E-state index contributed by atoms with van der Waals surface area (Å²) in [6.07, 6.45) is 3.94. The predicted octanol–water partition coefficient (Wildman–Crippen LogP) is 2.45. The van der Waals surface area contributed by atoms with E-state index in [9.17, 15) is 14.9 Å². The van der Waals surface area contributed by atoms with Crippen LogP contribution in [-0.4, -0.2) is 23.6 Å². The van der Waals surface area contributed by atoms with Gasteiger partial charge in [0.15, 0.2) is 0 Å². The molecule has 2 aliphatic rings. The van der Waals surface area contributed by atoms with Crippen molar-refractivity contribution >= 4 is 23.5 Å². The van der Waals surface area contributed by atoms with Crippen LogP contribution in [0.3, 0.4) is 0 Å². The van der Waals surface area contributed by atoms with Gasteiger partial charge in [0.25, 0.3) is 0 Å². The number of thioether (sulfide) groups is 1. The number of hydrogen-bond acceptors (Lipinski definition) is 5. The number of allylic oxidation sites excluding steroid dienone is 1. The Morgan fingerprint density at radius 3 is 2.89 bits per heavy atom. The number of esters is 1. The van der Waals surface area contributed by atoms with E-state index in [0.717, 1.165) is 6.42 Å². The van der Waals surface area contributed by atoms with Crippen molar-refractivity contribution < 1.29 is 14.3 Å².